The monoisotopic (exact) mass is 780 g/mol. The van der Waals surface area contributed by atoms with Gasteiger partial charge in [0.15, 0.2) is 0 Å². The highest BCUT2D eigenvalue weighted by Gasteiger charge is 2.57. The number of phenols is 1. The van der Waals surface area contributed by atoms with Gasteiger partial charge in [0, 0.05) is 11.8 Å². The molecule has 6 aliphatic rings. The Morgan fingerprint density at radius 2 is 1.28 bits per heavy atom. The number of aliphatic hydroxyl groups excluding tert-OH is 1. The second-order valence-electron chi connectivity index (χ2n) is 19.1. The normalized spacial score (nSPS) is 32.7. The van der Waals surface area contributed by atoms with Crippen molar-refractivity contribution in [3.8, 4) is 11.5 Å². The van der Waals surface area contributed by atoms with Gasteiger partial charge >= 0.3 is 11.9 Å². The van der Waals surface area contributed by atoms with Crippen molar-refractivity contribution in [2.24, 2.45) is 34.5 Å². The Morgan fingerprint density at radius 1 is 0.672 bits per heavy atom. The van der Waals surface area contributed by atoms with Gasteiger partial charge in [-0.05, 0) is 189 Å². The molecule has 0 bridgehead atoms. The highest BCUT2D eigenvalue weighted by atomic mass is 16.5. The molecule has 0 spiro atoms. The number of hydrogen-bond donors (Lipinski definition) is 2. The van der Waals surface area contributed by atoms with Gasteiger partial charge < -0.3 is 19.7 Å². The molecular weight excluding hydrogens is 721 g/mol. The van der Waals surface area contributed by atoms with Crippen molar-refractivity contribution >= 4 is 11.9 Å². The van der Waals surface area contributed by atoms with Gasteiger partial charge in [0.25, 0.3) is 0 Å². The van der Waals surface area contributed by atoms with Crippen LogP contribution >= 0.6 is 0 Å². The van der Waals surface area contributed by atoms with Gasteiger partial charge in [0.2, 0.25) is 0 Å². The summed E-state index contributed by atoms with van der Waals surface area (Å²) in [4.78, 5) is 25.0. The second kappa shape index (κ2) is 16.0. The van der Waals surface area contributed by atoms with Crippen molar-refractivity contribution in [1.29, 1.82) is 0 Å². The molecule has 10 rings (SSSR count). The molecule has 4 aromatic rings. The molecule has 0 amide bonds. The van der Waals surface area contributed by atoms with Gasteiger partial charge in [-0.2, -0.15) is 0 Å². The number of carbonyl (C=O) groups excluding carboxylic acids is 2. The molecule has 0 saturated heterocycles. The van der Waals surface area contributed by atoms with Gasteiger partial charge in [0.1, 0.15) is 17.6 Å². The van der Waals surface area contributed by atoms with Crippen molar-refractivity contribution in [1.82, 2.24) is 0 Å². The number of ether oxygens (including phenoxy) is 2. The maximum atomic E-state index is 12.6. The number of rotatable bonds is 6. The van der Waals surface area contributed by atoms with Gasteiger partial charge in [-0.15, -0.1) is 0 Å². The lowest BCUT2D eigenvalue weighted by Crippen LogP contribution is -2.45. The Hall–Kier alpha value is -4.42. The summed E-state index contributed by atoms with van der Waals surface area (Å²) in [5, 5.41) is 20.4. The topological polar surface area (TPSA) is 93.1 Å². The molecule has 6 nitrogen and oxygen atoms in total. The molecule has 304 valence electrons. The van der Waals surface area contributed by atoms with E-state index in [1.54, 1.807) is 12.1 Å². The van der Waals surface area contributed by atoms with E-state index in [1.807, 2.05) is 54.6 Å². The number of aliphatic hydroxyl groups is 1. The molecule has 0 radical (unpaired) electrons. The minimum atomic E-state index is -0.303. The molecule has 10 atom stereocenters. The first-order valence-corrected chi connectivity index (χ1v) is 22.2. The molecule has 10 unspecified atom stereocenters. The highest BCUT2D eigenvalue weighted by molar-refractivity contribution is 5.91. The molecule has 58 heavy (non-hydrogen) atoms. The number of benzene rings is 4. The van der Waals surface area contributed by atoms with E-state index in [0.717, 1.165) is 57.8 Å². The van der Waals surface area contributed by atoms with E-state index in [9.17, 15) is 19.8 Å². The third-order valence-corrected chi connectivity index (χ3v) is 16.2. The van der Waals surface area contributed by atoms with Crippen molar-refractivity contribution < 1.29 is 29.3 Å². The smallest absolute Gasteiger partial charge is 0.343 e. The van der Waals surface area contributed by atoms with Crippen LogP contribution in [0.1, 0.15) is 134 Å². The average molecular weight is 781 g/mol. The standard InChI is InChI=1S/C27H32O3.C25H28O3/c1-27-16-15-22-21-11-9-20(28)17-19(21)8-10-23(22)24(27)12-13-25(27)30-26(29)14-7-18-5-3-2-4-6-18;1-25-14-13-20-19-10-8-18(28-24(27)16-5-3-2-4-6-16)15-17(19)7-9-21(20)22(25)11-12-23(25)26/h2-6,9,11,17,22-25,28H,7-8,10,12-16H2,1H3;2-6,8,10,15,20-23,26H,7,9,11-14H2,1H3. The average Bonchev–Trinajstić information content (AvgIpc) is 3.74. The molecular formula is C52H60O6. The molecule has 2 N–H and O–H groups in total. The predicted octanol–water partition coefficient (Wildman–Crippen LogP) is 10.9. The summed E-state index contributed by atoms with van der Waals surface area (Å²) in [6.07, 6.45) is 14.5. The molecule has 6 heteroatoms. The fraction of sp³-hybridized carbons (Fsp3) is 0.500. The zero-order chi connectivity index (χ0) is 40.0. The summed E-state index contributed by atoms with van der Waals surface area (Å²) in [6, 6.07) is 31.5. The Labute approximate surface area is 344 Å². The summed E-state index contributed by atoms with van der Waals surface area (Å²) < 4.78 is 11.7. The molecule has 4 saturated carbocycles. The molecule has 0 aliphatic heterocycles. The van der Waals surface area contributed by atoms with Gasteiger partial charge in [-0.25, -0.2) is 4.79 Å². The van der Waals surface area contributed by atoms with E-state index >= 15 is 0 Å². The Bertz CT molecular complexity index is 2110. The molecule has 0 heterocycles. The van der Waals surface area contributed by atoms with Crippen LogP contribution < -0.4 is 4.74 Å². The van der Waals surface area contributed by atoms with Crippen molar-refractivity contribution in [2.45, 2.75) is 128 Å². The summed E-state index contributed by atoms with van der Waals surface area (Å²) in [7, 11) is 0. The van der Waals surface area contributed by atoms with Crippen molar-refractivity contribution in [3.05, 3.63) is 130 Å². The fourth-order valence-corrected chi connectivity index (χ4v) is 13.2. The quantitative estimate of drug-likeness (QED) is 0.150. The van der Waals surface area contributed by atoms with Crippen LogP contribution in [0.15, 0.2) is 97.1 Å². The van der Waals surface area contributed by atoms with Crippen molar-refractivity contribution in [2.75, 3.05) is 0 Å². The third-order valence-electron chi connectivity index (χ3n) is 16.2. The van der Waals surface area contributed by atoms with Crippen LogP contribution in [0.3, 0.4) is 0 Å². The highest BCUT2D eigenvalue weighted by Crippen LogP contribution is 2.63. The van der Waals surface area contributed by atoms with E-state index in [2.05, 4.69) is 44.2 Å². The van der Waals surface area contributed by atoms with Crippen molar-refractivity contribution in [3.63, 3.8) is 0 Å². The number of phenolic OH excluding ortho intramolecular Hbond substituents is 1. The first-order chi connectivity index (χ1) is 28.1. The van der Waals surface area contributed by atoms with E-state index in [4.69, 9.17) is 9.47 Å². The number of aromatic hydroxyl groups is 1. The first kappa shape index (κ1) is 39.1. The van der Waals surface area contributed by atoms with E-state index in [1.165, 1.54) is 53.5 Å². The SMILES string of the molecule is CC12CCC3c4ccc(O)cc4CCC3C1CCC2OC(=O)CCc1ccccc1.CC12CCC3c4ccc(OC(=O)c5ccccc5)cc4CCC3C1CCC2O. The van der Waals surface area contributed by atoms with Crippen LogP contribution in [0.5, 0.6) is 11.5 Å². The molecule has 0 aromatic heterocycles. The largest absolute Gasteiger partial charge is 0.508 e. The zero-order valence-corrected chi connectivity index (χ0v) is 34.3. The number of fused-ring (bicyclic) bond motifs is 10. The minimum Gasteiger partial charge on any atom is -0.508 e. The maximum Gasteiger partial charge on any atom is 0.343 e. The minimum absolute atomic E-state index is 0.0442. The first-order valence-electron chi connectivity index (χ1n) is 22.2. The molecule has 4 fully saturated rings. The van der Waals surface area contributed by atoms with E-state index in [0.29, 0.717) is 59.0 Å². The number of hydrogen-bond acceptors (Lipinski definition) is 6. The predicted molar refractivity (Wildman–Crippen MR) is 226 cm³/mol. The van der Waals surface area contributed by atoms with Gasteiger partial charge in [-0.1, -0.05) is 74.5 Å². The van der Waals surface area contributed by atoms with Gasteiger partial charge in [0.05, 0.1) is 11.7 Å². The number of carbonyl (C=O) groups is 2. The second-order valence-corrected chi connectivity index (χ2v) is 19.1. The third kappa shape index (κ3) is 7.29. The lowest BCUT2D eigenvalue weighted by atomic mass is 9.55. The fourth-order valence-electron chi connectivity index (χ4n) is 13.2. The molecule has 4 aromatic carbocycles. The van der Waals surface area contributed by atoms with Crippen LogP contribution in [0.4, 0.5) is 0 Å². The van der Waals surface area contributed by atoms with E-state index in [-0.39, 0.29) is 35.0 Å². The number of esters is 2. The Morgan fingerprint density at radius 3 is 1.98 bits per heavy atom. The lowest BCUT2D eigenvalue weighted by molar-refractivity contribution is -0.157. The summed E-state index contributed by atoms with van der Waals surface area (Å²) in [5.74, 6) is 4.50. The van der Waals surface area contributed by atoms with Crippen LogP contribution in [-0.4, -0.2) is 34.4 Å². The zero-order valence-electron chi connectivity index (χ0n) is 34.3. The summed E-state index contributed by atoms with van der Waals surface area (Å²) >= 11 is 0. The van der Waals surface area contributed by atoms with Crippen LogP contribution in [0.25, 0.3) is 0 Å². The lowest BCUT2D eigenvalue weighted by Gasteiger charge is -2.50. The van der Waals surface area contributed by atoms with Crippen LogP contribution in [0.2, 0.25) is 0 Å². The Kier molecular flexibility index (Phi) is 10.8. The van der Waals surface area contributed by atoms with E-state index < -0.39 is 0 Å². The summed E-state index contributed by atoms with van der Waals surface area (Å²) in [5.41, 5.74) is 7.56. The number of aryl methyl sites for hydroxylation is 3. The van der Waals surface area contributed by atoms with Crippen LogP contribution in [0, 0.1) is 34.5 Å². The summed E-state index contributed by atoms with van der Waals surface area (Å²) in [6.45, 7) is 4.69. The van der Waals surface area contributed by atoms with Crippen LogP contribution in [-0.2, 0) is 28.8 Å². The Balaban J connectivity index is 0.000000151. The molecule has 6 aliphatic carbocycles. The maximum absolute atomic E-state index is 12.6. The van der Waals surface area contributed by atoms with Gasteiger partial charge in [-0.3, -0.25) is 4.79 Å².